The van der Waals surface area contributed by atoms with Gasteiger partial charge in [0.2, 0.25) is 5.95 Å². The molecule has 0 unspecified atom stereocenters. The minimum Gasteiger partial charge on any atom is -0.369 e. The van der Waals surface area contributed by atoms with E-state index in [9.17, 15) is 4.39 Å². The van der Waals surface area contributed by atoms with Gasteiger partial charge < -0.3 is 10.3 Å². The monoisotopic (exact) mass is 290 g/mol. The Labute approximate surface area is 120 Å². The first-order chi connectivity index (χ1) is 9.56. The summed E-state index contributed by atoms with van der Waals surface area (Å²) in [5.74, 6) is -0.148. The Balaban J connectivity index is 2.14. The van der Waals surface area contributed by atoms with Gasteiger partial charge in [0.05, 0.1) is 22.6 Å². The Morgan fingerprint density at radius 1 is 1.40 bits per heavy atom. The maximum absolute atomic E-state index is 13.6. The lowest BCUT2D eigenvalue weighted by Gasteiger charge is -2.09. The lowest BCUT2D eigenvalue weighted by atomic mass is 10.1. The van der Waals surface area contributed by atoms with Crippen LogP contribution in [0.1, 0.15) is 11.1 Å². The summed E-state index contributed by atoms with van der Waals surface area (Å²) in [5, 5.41) is 0.0437. The van der Waals surface area contributed by atoms with E-state index < -0.39 is 5.82 Å². The second-order valence-electron chi connectivity index (χ2n) is 4.61. The normalized spacial score (nSPS) is 11.2. The van der Waals surface area contributed by atoms with Crippen LogP contribution in [0.2, 0.25) is 5.02 Å². The van der Waals surface area contributed by atoms with Gasteiger partial charge in [-0.25, -0.2) is 9.37 Å². The number of imidazole rings is 1. The number of aryl methyl sites for hydroxylation is 1. The number of benzene rings is 1. The molecule has 20 heavy (non-hydrogen) atoms. The Hall–Kier alpha value is -2.14. The maximum Gasteiger partial charge on any atom is 0.201 e. The summed E-state index contributed by atoms with van der Waals surface area (Å²) in [4.78, 5) is 8.27. The van der Waals surface area contributed by atoms with Crippen molar-refractivity contribution in [1.82, 2.24) is 14.5 Å². The van der Waals surface area contributed by atoms with E-state index in [1.54, 1.807) is 17.0 Å². The quantitative estimate of drug-likeness (QED) is 0.789. The van der Waals surface area contributed by atoms with Crippen LogP contribution in [0, 0.1) is 12.7 Å². The summed E-state index contributed by atoms with van der Waals surface area (Å²) >= 11 is 5.76. The van der Waals surface area contributed by atoms with E-state index in [0.29, 0.717) is 23.5 Å². The molecule has 0 atom stereocenters. The molecule has 0 aliphatic heterocycles. The molecule has 0 bridgehead atoms. The SMILES string of the molecule is Cc1cnccc1Cn1c(N)nc2cc(Cl)c(F)cc21. The molecular formula is C14H12ClFN4. The number of rotatable bonds is 2. The van der Waals surface area contributed by atoms with Crippen molar-refractivity contribution in [2.45, 2.75) is 13.5 Å². The van der Waals surface area contributed by atoms with Crippen molar-refractivity contribution < 1.29 is 4.39 Å². The molecule has 3 rings (SSSR count). The van der Waals surface area contributed by atoms with Crippen LogP contribution >= 0.6 is 11.6 Å². The van der Waals surface area contributed by atoms with Crippen molar-refractivity contribution in [2.75, 3.05) is 5.73 Å². The van der Waals surface area contributed by atoms with Gasteiger partial charge in [0, 0.05) is 18.5 Å². The number of nitrogens with two attached hydrogens (primary N) is 1. The third-order valence-electron chi connectivity index (χ3n) is 3.28. The predicted molar refractivity (Wildman–Crippen MR) is 77.2 cm³/mol. The molecule has 4 nitrogen and oxygen atoms in total. The zero-order valence-electron chi connectivity index (χ0n) is 10.8. The number of pyridine rings is 1. The van der Waals surface area contributed by atoms with Gasteiger partial charge in [-0.1, -0.05) is 11.6 Å². The Morgan fingerprint density at radius 2 is 2.20 bits per heavy atom. The predicted octanol–water partition coefficient (Wildman–Crippen LogP) is 3.16. The minimum atomic E-state index is -0.480. The van der Waals surface area contributed by atoms with Crippen molar-refractivity contribution in [3.63, 3.8) is 0 Å². The standard InChI is InChI=1S/C14H12ClFN4/c1-8-6-18-3-2-9(8)7-20-13-5-11(16)10(15)4-12(13)19-14(20)17/h2-6H,7H2,1H3,(H2,17,19). The molecule has 0 saturated carbocycles. The second kappa shape index (κ2) is 4.76. The molecule has 2 aromatic heterocycles. The number of nitrogens with zero attached hydrogens (tertiary/aromatic N) is 3. The lowest BCUT2D eigenvalue weighted by molar-refractivity contribution is 0.629. The molecule has 0 saturated heterocycles. The molecule has 0 aliphatic carbocycles. The largest absolute Gasteiger partial charge is 0.369 e. The van der Waals surface area contributed by atoms with Gasteiger partial charge in [0.15, 0.2) is 0 Å². The van der Waals surface area contributed by atoms with Gasteiger partial charge in [-0.2, -0.15) is 0 Å². The van der Waals surface area contributed by atoms with Crippen LogP contribution < -0.4 is 5.73 Å². The molecule has 0 amide bonds. The fourth-order valence-electron chi connectivity index (χ4n) is 2.15. The number of nitrogen functional groups attached to an aromatic ring is 1. The number of aromatic nitrogens is 3. The zero-order valence-corrected chi connectivity index (χ0v) is 11.5. The Kier molecular flexibility index (Phi) is 3.06. The van der Waals surface area contributed by atoms with Crippen LogP contribution in [0.5, 0.6) is 0 Å². The molecule has 2 N–H and O–H groups in total. The second-order valence-corrected chi connectivity index (χ2v) is 5.02. The first-order valence-electron chi connectivity index (χ1n) is 6.06. The zero-order chi connectivity index (χ0) is 14.3. The van der Waals surface area contributed by atoms with Crippen LogP contribution in [0.4, 0.5) is 10.3 Å². The molecule has 3 aromatic rings. The van der Waals surface area contributed by atoms with Crippen LogP contribution in [0.3, 0.4) is 0 Å². The Bertz CT molecular complexity index is 797. The summed E-state index contributed by atoms with van der Waals surface area (Å²) in [5.41, 5.74) is 9.23. The van der Waals surface area contributed by atoms with Gasteiger partial charge in [0.25, 0.3) is 0 Å². The highest BCUT2D eigenvalue weighted by atomic mass is 35.5. The highest BCUT2D eigenvalue weighted by molar-refractivity contribution is 6.31. The van der Waals surface area contributed by atoms with Gasteiger partial charge in [-0.3, -0.25) is 4.98 Å². The van der Waals surface area contributed by atoms with Crippen molar-refractivity contribution in [3.8, 4) is 0 Å². The minimum absolute atomic E-state index is 0.0437. The van der Waals surface area contributed by atoms with E-state index >= 15 is 0 Å². The number of halogens is 2. The van der Waals surface area contributed by atoms with E-state index in [1.807, 2.05) is 13.0 Å². The van der Waals surface area contributed by atoms with Crippen LogP contribution in [0.25, 0.3) is 11.0 Å². The smallest absolute Gasteiger partial charge is 0.201 e. The molecule has 0 aliphatic rings. The van der Waals surface area contributed by atoms with Crippen molar-refractivity contribution >= 4 is 28.6 Å². The van der Waals surface area contributed by atoms with Gasteiger partial charge in [-0.15, -0.1) is 0 Å². The summed E-state index contributed by atoms with van der Waals surface area (Å²) in [7, 11) is 0. The van der Waals surface area contributed by atoms with Crippen molar-refractivity contribution in [3.05, 3.63) is 52.6 Å². The molecule has 0 fully saturated rings. The number of fused-ring (bicyclic) bond motifs is 1. The fourth-order valence-corrected chi connectivity index (χ4v) is 2.31. The summed E-state index contributed by atoms with van der Waals surface area (Å²) in [6, 6.07) is 4.75. The summed E-state index contributed by atoms with van der Waals surface area (Å²) in [6.45, 7) is 2.48. The van der Waals surface area contributed by atoms with E-state index in [4.69, 9.17) is 17.3 Å². The third-order valence-corrected chi connectivity index (χ3v) is 3.57. The lowest BCUT2D eigenvalue weighted by Crippen LogP contribution is -2.06. The molecule has 0 spiro atoms. The van der Waals surface area contributed by atoms with Gasteiger partial charge >= 0.3 is 0 Å². The van der Waals surface area contributed by atoms with Crippen LogP contribution in [0.15, 0.2) is 30.6 Å². The van der Waals surface area contributed by atoms with Crippen LogP contribution in [-0.4, -0.2) is 14.5 Å². The molecule has 102 valence electrons. The van der Waals surface area contributed by atoms with Crippen molar-refractivity contribution in [1.29, 1.82) is 0 Å². The first kappa shape index (κ1) is 12.9. The van der Waals surface area contributed by atoms with Gasteiger partial charge in [-0.05, 0) is 30.2 Å². The fraction of sp³-hybridized carbons (Fsp3) is 0.143. The topological polar surface area (TPSA) is 56.7 Å². The summed E-state index contributed by atoms with van der Waals surface area (Å²) in [6.07, 6.45) is 3.50. The molecular weight excluding hydrogens is 279 g/mol. The van der Waals surface area contributed by atoms with E-state index in [-0.39, 0.29) is 5.02 Å². The van der Waals surface area contributed by atoms with Gasteiger partial charge in [0.1, 0.15) is 5.82 Å². The first-order valence-corrected chi connectivity index (χ1v) is 6.44. The molecule has 2 heterocycles. The van der Waals surface area contributed by atoms with E-state index in [1.165, 1.54) is 12.1 Å². The number of anilines is 1. The third kappa shape index (κ3) is 2.10. The highest BCUT2D eigenvalue weighted by Crippen LogP contribution is 2.25. The van der Waals surface area contributed by atoms with E-state index in [2.05, 4.69) is 9.97 Å². The average Bonchev–Trinajstić information content (AvgIpc) is 2.69. The van der Waals surface area contributed by atoms with E-state index in [0.717, 1.165) is 11.1 Å². The summed E-state index contributed by atoms with van der Waals surface area (Å²) < 4.78 is 15.4. The highest BCUT2D eigenvalue weighted by Gasteiger charge is 2.12. The van der Waals surface area contributed by atoms with Crippen LogP contribution in [-0.2, 0) is 6.54 Å². The molecule has 6 heteroatoms. The van der Waals surface area contributed by atoms with Crippen molar-refractivity contribution in [2.24, 2.45) is 0 Å². The number of hydrogen-bond acceptors (Lipinski definition) is 3. The Morgan fingerprint density at radius 3 is 2.95 bits per heavy atom. The molecule has 1 aromatic carbocycles. The maximum atomic E-state index is 13.6. The average molecular weight is 291 g/mol. The number of hydrogen-bond donors (Lipinski definition) is 1. The molecule has 0 radical (unpaired) electrons.